The lowest BCUT2D eigenvalue weighted by atomic mass is 9.97. The van der Waals surface area contributed by atoms with Crippen LogP contribution in [0.1, 0.15) is 37.8 Å². The van der Waals surface area contributed by atoms with Crippen LogP contribution in [0.2, 0.25) is 0 Å². The van der Waals surface area contributed by atoms with Crippen molar-refractivity contribution in [2.45, 2.75) is 33.1 Å². The first-order valence-corrected chi connectivity index (χ1v) is 10.1. The maximum Gasteiger partial charge on any atom is 0.248 e. The number of hydrogen-bond acceptors (Lipinski definition) is 3. The molecular formula is C25H29N3O2. The second kappa shape index (κ2) is 12.2. The second-order valence-electron chi connectivity index (χ2n) is 6.95. The molecule has 1 atom stereocenters. The minimum atomic E-state index is -0.353. The van der Waals surface area contributed by atoms with Crippen LogP contribution >= 0.6 is 0 Å². The van der Waals surface area contributed by atoms with Gasteiger partial charge in [-0.15, -0.1) is 6.58 Å². The largest absolute Gasteiger partial charge is 0.326 e. The smallest absolute Gasteiger partial charge is 0.248 e. The molecular weight excluding hydrogens is 374 g/mol. The van der Waals surface area contributed by atoms with Gasteiger partial charge in [0.1, 0.15) is 0 Å². The van der Waals surface area contributed by atoms with Gasteiger partial charge < -0.3 is 10.6 Å². The standard InChI is InChI=1S/C25H29N3O2/c1-4-6-11-21(12-7-9-19(3)5-2)27-24(29)14-15-25(30)28-23-13-8-10-20-18-26-17-16-22(20)23/h4-7,9,12-19H,2,8,10-11H2,1,3H3,(H,27,29)(H,28,30)/b6-4-,9-7-,15-14+,21-12+/t19-/m0/s1. The number of allylic oxidation sites excluding steroid dienone is 7. The van der Waals surface area contributed by atoms with E-state index in [0.717, 1.165) is 35.4 Å². The number of aromatic nitrogens is 1. The van der Waals surface area contributed by atoms with Crippen LogP contribution < -0.4 is 10.6 Å². The molecule has 0 aliphatic heterocycles. The van der Waals surface area contributed by atoms with Crippen LogP contribution in [0.25, 0.3) is 5.70 Å². The molecule has 5 nitrogen and oxygen atoms in total. The van der Waals surface area contributed by atoms with E-state index in [9.17, 15) is 9.59 Å². The lowest BCUT2D eigenvalue weighted by Gasteiger charge is -2.17. The maximum atomic E-state index is 12.3. The number of hydrogen-bond donors (Lipinski definition) is 2. The van der Waals surface area contributed by atoms with Crippen LogP contribution in [0.15, 0.2) is 85.4 Å². The molecule has 2 amide bonds. The van der Waals surface area contributed by atoms with Crippen molar-refractivity contribution in [3.8, 4) is 0 Å². The minimum Gasteiger partial charge on any atom is -0.326 e. The Bertz CT molecular complexity index is 920. The molecule has 1 aliphatic rings. The molecule has 0 saturated heterocycles. The number of pyridine rings is 1. The van der Waals surface area contributed by atoms with Crippen molar-refractivity contribution >= 4 is 17.5 Å². The SMILES string of the molecule is C=C[C@H](C)/C=C\C=C(/C/C=C\C)NC(=O)/C=C/C(=O)NC1=CCCc2cnccc21. The van der Waals surface area contributed by atoms with Crippen molar-refractivity contribution in [1.82, 2.24) is 15.6 Å². The zero-order valence-corrected chi connectivity index (χ0v) is 17.6. The quantitative estimate of drug-likeness (QED) is 0.365. The number of carbonyl (C=O) groups is 2. The number of fused-ring (bicyclic) bond motifs is 1. The lowest BCUT2D eigenvalue weighted by molar-refractivity contribution is -0.117. The Morgan fingerprint density at radius 3 is 2.87 bits per heavy atom. The molecule has 1 aliphatic carbocycles. The molecule has 156 valence electrons. The fourth-order valence-electron chi connectivity index (χ4n) is 2.85. The molecule has 30 heavy (non-hydrogen) atoms. The second-order valence-corrected chi connectivity index (χ2v) is 6.95. The zero-order valence-electron chi connectivity index (χ0n) is 17.6. The highest BCUT2D eigenvalue weighted by molar-refractivity contribution is 6.00. The van der Waals surface area contributed by atoms with Gasteiger partial charge >= 0.3 is 0 Å². The lowest BCUT2D eigenvalue weighted by Crippen LogP contribution is -2.24. The fraction of sp³-hybridized carbons (Fsp3) is 0.240. The van der Waals surface area contributed by atoms with E-state index >= 15 is 0 Å². The molecule has 0 unspecified atom stereocenters. The summed E-state index contributed by atoms with van der Waals surface area (Å²) in [6, 6.07) is 1.89. The van der Waals surface area contributed by atoms with Gasteiger partial charge in [-0.1, -0.05) is 43.4 Å². The summed E-state index contributed by atoms with van der Waals surface area (Å²) in [5, 5.41) is 5.67. The molecule has 0 aromatic carbocycles. The van der Waals surface area contributed by atoms with Gasteiger partial charge in [0.25, 0.3) is 0 Å². The molecule has 2 N–H and O–H groups in total. The number of nitrogens with zero attached hydrogens (tertiary/aromatic N) is 1. The molecule has 1 aromatic heterocycles. The van der Waals surface area contributed by atoms with E-state index < -0.39 is 0 Å². The fourth-order valence-corrected chi connectivity index (χ4v) is 2.85. The van der Waals surface area contributed by atoms with Crippen LogP contribution in [-0.2, 0) is 16.0 Å². The number of amides is 2. The van der Waals surface area contributed by atoms with E-state index in [1.165, 1.54) is 12.2 Å². The Morgan fingerprint density at radius 1 is 1.30 bits per heavy atom. The molecule has 0 bridgehead atoms. The number of nitrogens with one attached hydrogen (secondary N) is 2. The van der Waals surface area contributed by atoms with E-state index in [0.29, 0.717) is 6.42 Å². The van der Waals surface area contributed by atoms with Crippen LogP contribution in [0.3, 0.4) is 0 Å². The Morgan fingerprint density at radius 2 is 2.10 bits per heavy atom. The Labute approximate surface area is 178 Å². The Balaban J connectivity index is 1.97. The van der Waals surface area contributed by atoms with Crippen molar-refractivity contribution < 1.29 is 9.59 Å². The monoisotopic (exact) mass is 403 g/mol. The van der Waals surface area contributed by atoms with Gasteiger partial charge in [-0.3, -0.25) is 14.6 Å². The molecule has 0 radical (unpaired) electrons. The first-order valence-electron chi connectivity index (χ1n) is 10.1. The Hall–Kier alpha value is -3.47. The predicted molar refractivity (Wildman–Crippen MR) is 122 cm³/mol. The highest BCUT2D eigenvalue weighted by Gasteiger charge is 2.13. The van der Waals surface area contributed by atoms with Gasteiger partial charge in [-0.25, -0.2) is 0 Å². The zero-order chi connectivity index (χ0) is 21.8. The van der Waals surface area contributed by atoms with Crippen LogP contribution in [-0.4, -0.2) is 16.8 Å². The topological polar surface area (TPSA) is 71.1 Å². The molecule has 5 heteroatoms. The summed E-state index contributed by atoms with van der Waals surface area (Å²) >= 11 is 0. The first-order chi connectivity index (χ1) is 14.5. The summed E-state index contributed by atoms with van der Waals surface area (Å²) < 4.78 is 0. The molecule has 1 aromatic rings. The summed E-state index contributed by atoms with van der Waals surface area (Å²) in [6.07, 6.45) is 21.8. The van der Waals surface area contributed by atoms with Gasteiger partial charge in [-0.2, -0.15) is 0 Å². The van der Waals surface area contributed by atoms with Crippen LogP contribution in [0.4, 0.5) is 0 Å². The molecule has 0 spiro atoms. The van der Waals surface area contributed by atoms with Gasteiger partial charge in [0.15, 0.2) is 0 Å². The summed E-state index contributed by atoms with van der Waals surface area (Å²) in [7, 11) is 0. The van der Waals surface area contributed by atoms with Gasteiger partial charge in [0.05, 0.1) is 0 Å². The van der Waals surface area contributed by atoms with Crippen LogP contribution in [0.5, 0.6) is 0 Å². The summed E-state index contributed by atoms with van der Waals surface area (Å²) in [6.45, 7) is 7.70. The minimum absolute atomic E-state index is 0.249. The Kier molecular flexibility index (Phi) is 9.25. The van der Waals surface area contributed by atoms with E-state index in [1.54, 1.807) is 6.20 Å². The highest BCUT2D eigenvalue weighted by atomic mass is 16.2. The number of carbonyl (C=O) groups excluding carboxylic acids is 2. The molecule has 1 heterocycles. The third kappa shape index (κ3) is 7.51. The number of aryl methyl sites for hydroxylation is 1. The van der Waals surface area contributed by atoms with Crippen LogP contribution in [0, 0.1) is 5.92 Å². The van der Waals surface area contributed by atoms with Crippen molar-refractivity contribution in [2.24, 2.45) is 5.92 Å². The van der Waals surface area contributed by atoms with Gasteiger partial charge in [0.2, 0.25) is 11.8 Å². The van der Waals surface area contributed by atoms with E-state index in [-0.39, 0.29) is 17.7 Å². The molecule has 2 rings (SSSR count). The van der Waals surface area contributed by atoms with Gasteiger partial charge in [-0.05, 0) is 43.4 Å². The molecule has 0 saturated carbocycles. The van der Waals surface area contributed by atoms with E-state index in [4.69, 9.17) is 0 Å². The highest BCUT2D eigenvalue weighted by Crippen LogP contribution is 2.23. The normalized spacial score (nSPS) is 15.1. The van der Waals surface area contributed by atoms with E-state index in [1.807, 2.05) is 68.6 Å². The third-order valence-corrected chi connectivity index (χ3v) is 4.54. The summed E-state index contributed by atoms with van der Waals surface area (Å²) in [4.78, 5) is 28.7. The first kappa shape index (κ1) is 22.8. The number of rotatable bonds is 9. The average molecular weight is 404 g/mol. The van der Waals surface area contributed by atoms with Gasteiger partial charge in [0, 0.05) is 47.9 Å². The third-order valence-electron chi connectivity index (χ3n) is 4.54. The predicted octanol–water partition coefficient (Wildman–Crippen LogP) is 4.39. The van der Waals surface area contributed by atoms with Crippen molar-refractivity contribution in [3.05, 3.63) is 96.5 Å². The van der Waals surface area contributed by atoms with Crippen molar-refractivity contribution in [1.29, 1.82) is 0 Å². The summed E-state index contributed by atoms with van der Waals surface area (Å²) in [5.41, 5.74) is 3.57. The van der Waals surface area contributed by atoms with Crippen molar-refractivity contribution in [3.63, 3.8) is 0 Å². The van der Waals surface area contributed by atoms with E-state index in [2.05, 4.69) is 22.2 Å². The average Bonchev–Trinajstić information content (AvgIpc) is 2.76. The maximum absolute atomic E-state index is 12.3. The summed E-state index contributed by atoms with van der Waals surface area (Å²) in [5.74, 6) is -0.452. The van der Waals surface area contributed by atoms with Crippen molar-refractivity contribution in [2.75, 3.05) is 0 Å². The molecule has 0 fully saturated rings.